The first kappa shape index (κ1) is 18.1. The molecule has 9 nitrogen and oxygen atoms in total. The van der Waals surface area contributed by atoms with Crippen LogP contribution in [0.1, 0.15) is 29.6 Å². The summed E-state index contributed by atoms with van der Waals surface area (Å²) >= 11 is 0. The lowest BCUT2D eigenvalue weighted by molar-refractivity contribution is -0.385. The van der Waals surface area contributed by atoms with E-state index in [4.69, 9.17) is 9.47 Å². The highest BCUT2D eigenvalue weighted by atomic mass is 16.6. The molecule has 0 aliphatic carbocycles. The van der Waals surface area contributed by atoms with Gasteiger partial charge in [0.1, 0.15) is 6.04 Å². The first-order chi connectivity index (χ1) is 12.5. The zero-order valence-corrected chi connectivity index (χ0v) is 14.5. The predicted octanol–water partition coefficient (Wildman–Crippen LogP) is 1.11. The third-order valence-corrected chi connectivity index (χ3v) is 4.85. The summed E-state index contributed by atoms with van der Waals surface area (Å²) in [5, 5.41) is 14.0. The van der Waals surface area contributed by atoms with Gasteiger partial charge in [-0.05, 0) is 25.0 Å². The van der Waals surface area contributed by atoms with Gasteiger partial charge in [0.25, 0.3) is 5.91 Å². The van der Waals surface area contributed by atoms with Gasteiger partial charge in [0.05, 0.1) is 18.6 Å². The van der Waals surface area contributed by atoms with Gasteiger partial charge in [-0.25, -0.2) is 0 Å². The van der Waals surface area contributed by atoms with Crippen molar-refractivity contribution in [2.24, 2.45) is 0 Å². The number of amides is 1. The number of cyclic esters (lactones) is 1. The van der Waals surface area contributed by atoms with Crippen molar-refractivity contribution in [3.8, 4) is 5.75 Å². The van der Waals surface area contributed by atoms with Crippen LogP contribution in [0.5, 0.6) is 5.75 Å². The molecular weight excluding hydrogens is 342 g/mol. The average Bonchev–Trinajstić information content (AvgIpc) is 3.07. The van der Waals surface area contributed by atoms with E-state index in [0.29, 0.717) is 39.0 Å². The Kier molecular flexibility index (Phi) is 5.36. The lowest BCUT2D eigenvalue weighted by Gasteiger charge is -2.34. The molecular formula is C17H21N3O6. The second-order valence-corrected chi connectivity index (χ2v) is 6.40. The van der Waals surface area contributed by atoms with Crippen molar-refractivity contribution in [2.75, 3.05) is 26.8 Å². The maximum Gasteiger partial charge on any atom is 0.323 e. The Balaban J connectivity index is 1.58. The molecule has 1 atom stereocenters. The highest BCUT2D eigenvalue weighted by Crippen LogP contribution is 2.27. The monoisotopic (exact) mass is 363 g/mol. The predicted molar refractivity (Wildman–Crippen MR) is 91.1 cm³/mol. The molecule has 140 valence electrons. The highest BCUT2D eigenvalue weighted by molar-refractivity contribution is 5.95. The van der Waals surface area contributed by atoms with Crippen molar-refractivity contribution in [3.63, 3.8) is 0 Å². The van der Waals surface area contributed by atoms with E-state index in [9.17, 15) is 19.7 Å². The van der Waals surface area contributed by atoms with Crippen molar-refractivity contribution in [1.82, 2.24) is 10.2 Å². The van der Waals surface area contributed by atoms with Crippen LogP contribution >= 0.6 is 0 Å². The zero-order chi connectivity index (χ0) is 18.7. The Labute approximate surface area is 150 Å². The third-order valence-electron chi connectivity index (χ3n) is 4.85. The van der Waals surface area contributed by atoms with Gasteiger partial charge in [0.15, 0.2) is 5.75 Å². The number of nitrogens with zero attached hydrogens (tertiary/aromatic N) is 2. The van der Waals surface area contributed by atoms with Crippen molar-refractivity contribution >= 4 is 17.6 Å². The SMILES string of the molecule is COc1ccc(C(=O)NC2CCN([C@@H]3CCOC3=O)CC2)cc1[N+](=O)[O-]. The molecule has 1 N–H and O–H groups in total. The molecule has 9 heteroatoms. The van der Waals surface area contributed by atoms with Crippen LogP contribution in [0.25, 0.3) is 0 Å². The molecule has 0 radical (unpaired) electrons. The second kappa shape index (κ2) is 7.69. The third kappa shape index (κ3) is 3.77. The highest BCUT2D eigenvalue weighted by Gasteiger charge is 2.34. The summed E-state index contributed by atoms with van der Waals surface area (Å²) in [6.45, 7) is 1.87. The normalized spacial score (nSPS) is 21.3. The number of hydrogen-bond donors (Lipinski definition) is 1. The number of rotatable bonds is 5. The van der Waals surface area contributed by atoms with Crippen LogP contribution in [0.2, 0.25) is 0 Å². The quantitative estimate of drug-likeness (QED) is 0.474. The minimum Gasteiger partial charge on any atom is -0.490 e. The largest absolute Gasteiger partial charge is 0.490 e. The number of carbonyl (C=O) groups excluding carboxylic acids is 2. The molecule has 0 saturated carbocycles. The molecule has 1 aromatic rings. The first-order valence-corrected chi connectivity index (χ1v) is 8.53. The van der Waals surface area contributed by atoms with Crippen LogP contribution in [0, 0.1) is 10.1 Å². The lowest BCUT2D eigenvalue weighted by atomic mass is 10.0. The van der Waals surface area contributed by atoms with E-state index in [1.165, 1.54) is 25.3 Å². The number of ether oxygens (including phenoxy) is 2. The van der Waals surface area contributed by atoms with E-state index < -0.39 is 4.92 Å². The van der Waals surface area contributed by atoms with E-state index in [1.807, 2.05) is 0 Å². The molecule has 0 spiro atoms. The van der Waals surface area contributed by atoms with Gasteiger partial charge < -0.3 is 14.8 Å². The summed E-state index contributed by atoms with van der Waals surface area (Å²) in [5.74, 6) is -0.407. The lowest BCUT2D eigenvalue weighted by Crippen LogP contribution is -2.49. The number of esters is 1. The average molecular weight is 363 g/mol. The molecule has 2 aliphatic rings. The van der Waals surface area contributed by atoms with E-state index in [-0.39, 0.29) is 41.0 Å². The number of nitro groups is 1. The number of methoxy groups -OCH3 is 1. The molecule has 3 rings (SSSR count). The molecule has 2 saturated heterocycles. The van der Waals surface area contributed by atoms with E-state index >= 15 is 0 Å². The van der Waals surface area contributed by atoms with Gasteiger partial charge in [-0.1, -0.05) is 0 Å². The molecule has 2 fully saturated rings. The summed E-state index contributed by atoms with van der Waals surface area (Å²) in [7, 11) is 1.34. The fraction of sp³-hybridized carbons (Fsp3) is 0.529. The summed E-state index contributed by atoms with van der Waals surface area (Å²) < 4.78 is 9.95. The Hall–Kier alpha value is -2.68. The van der Waals surface area contributed by atoms with E-state index in [0.717, 1.165) is 0 Å². The maximum atomic E-state index is 12.4. The summed E-state index contributed by atoms with van der Waals surface area (Å²) in [6, 6.07) is 3.94. The van der Waals surface area contributed by atoms with Crippen molar-refractivity contribution in [3.05, 3.63) is 33.9 Å². The number of benzene rings is 1. The van der Waals surface area contributed by atoms with Gasteiger partial charge in [-0.15, -0.1) is 0 Å². The molecule has 2 heterocycles. The van der Waals surface area contributed by atoms with Crippen LogP contribution in [0.3, 0.4) is 0 Å². The van der Waals surface area contributed by atoms with Crippen LogP contribution in [-0.2, 0) is 9.53 Å². The summed E-state index contributed by atoms with van der Waals surface area (Å²) in [5.41, 5.74) is -0.0194. The van der Waals surface area contributed by atoms with Crippen LogP contribution in [-0.4, -0.2) is 60.6 Å². The number of likely N-dealkylation sites (tertiary alicyclic amines) is 1. The van der Waals surface area contributed by atoms with Gasteiger partial charge in [0.2, 0.25) is 0 Å². The fourth-order valence-corrected chi connectivity index (χ4v) is 3.41. The van der Waals surface area contributed by atoms with Gasteiger partial charge in [-0.2, -0.15) is 0 Å². The molecule has 1 aromatic carbocycles. The summed E-state index contributed by atoms with van der Waals surface area (Å²) in [6.07, 6.45) is 2.15. The molecule has 0 aromatic heterocycles. The van der Waals surface area contributed by atoms with Crippen molar-refractivity contribution in [2.45, 2.75) is 31.3 Å². The fourth-order valence-electron chi connectivity index (χ4n) is 3.41. The molecule has 0 unspecified atom stereocenters. The van der Waals surface area contributed by atoms with E-state index in [1.54, 1.807) is 0 Å². The number of nitrogens with one attached hydrogen (secondary N) is 1. The van der Waals surface area contributed by atoms with Crippen LogP contribution < -0.4 is 10.1 Å². The van der Waals surface area contributed by atoms with Crippen molar-refractivity contribution in [1.29, 1.82) is 0 Å². The standard InChI is InChI=1S/C17H21N3O6/c1-25-15-3-2-11(10-14(15)20(23)24)16(21)18-12-4-7-19(8-5-12)13-6-9-26-17(13)22/h2-3,10,12-13H,4-9H2,1H3,(H,18,21)/t13-/m1/s1. The Bertz CT molecular complexity index is 714. The molecule has 2 aliphatic heterocycles. The minimum absolute atomic E-state index is 0.0302. The Morgan fingerprint density at radius 3 is 2.65 bits per heavy atom. The maximum absolute atomic E-state index is 12.4. The molecule has 0 bridgehead atoms. The molecule has 1 amide bonds. The number of hydrogen-bond acceptors (Lipinski definition) is 7. The van der Waals surface area contributed by atoms with Gasteiger partial charge in [-0.3, -0.25) is 24.6 Å². The second-order valence-electron chi connectivity index (χ2n) is 6.40. The van der Waals surface area contributed by atoms with Gasteiger partial charge >= 0.3 is 11.7 Å². The first-order valence-electron chi connectivity index (χ1n) is 8.53. The summed E-state index contributed by atoms with van der Waals surface area (Å²) in [4.78, 5) is 36.7. The number of nitro benzene ring substituents is 1. The minimum atomic E-state index is -0.575. The smallest absolute Gasteiger partial charge is 0.323 e. The topological polar surface area (TPSA) is 111 Å². The Morgan fingerprint density at radius 2 is 2.08 bits per heavy atom. The Morgan fingerprint density at radius 1 is 1.35 bits per heavy atom. The van der Waals surface area contributed by atoms with Gasteiger partial charge in [0, 0.05) is 37.2 Å². The van der Waals surface area contributed by atoms with Crippen molar-refractivity contribution < 1.29 is 24.0 Å². The van der Waals surface area contributed by atoms with Crippen LogP contribution in [0.4, 0.5) is 5.69 Å². The zero-order valence-electron chi connectivity index (χ0n) is 14.5. The van der Waals surface area contributed by atoms with E-state index in [2.05, 4.69) is 10.2 Å². The van der Waals surface area contributed by atoms with Crippen LogP contribution in [0.15, 0.2) is 18.2 Å². The number of carbonyl (C=O) groups is 2. The molecule has 26 heavy (non-hydrogen) atoms. The number of piperidine rings is 1.